The van der Waals surface area contributed by atoms with Crippen LogP contribution in [0.2, 0.25) is 0 Å². The highest BCUT2D eigenvalue weighted by Gasteiger charge is 2.37. The number of hydrogen-bond acceptors (Lipinski definition) is 5. The van der Waals surface area contributed by atoms with Gasteiger partial charge in [0, 0.05) is 29.1 Å². The summed E-state index contributed by atoms with van der Waals surface area (Å²) in [4.78, 5) is 21.8. The largest absolute Gasteiger partial charge is 0.501 e. The Balaban J connectivity index is 1.93. The minimum Gasteiger partial charge on any atom is -0.501 e. The highest BCUT2D eigenvalue weighted by Crippen LogP contribution is 2.38. The first-order chi connectivity index (χ1) is 14.5. The molecule has 0 amide bonds. The number of hydrogen-bond donors (Lipinski definition) is 0. The molecule has 5 nitrogen and oxygen atoms in total. The molecule has 0 N–H and O–H groups in total. The number of carbonyl (C=O) groups excluding carboxylic acids is 1. The SMILES string of the molecule is C=C/C=C\C(=C(/C)OC)c1cnc(-c2ccc3c(c2)C(=O)CC(CC)(CC)O3)nc1. The van der Waals surface area contributed by atoms with Crippen LogP contribution in [0.15, 0.2) is 61.2 Å². The second-order valence-electron chi connectivity index (χ2n) is 7.37. The molecule has 0 saturated heterocycles. The third kappa shape index (κ3) is 4.20. The van der Waals surface area contributed by atoms with Crippen molar-refractivity contribution in [3.8, 4) is 17.1 Å². The third-order valence-corrected chi connectivity index (χ3v) is 5.68. The molecule has 1 aliphatic heterocycles. The van der Waals surface area contributed by atoms with Crippen LogP contribution < -0.4 is 4.74 Å². The Kier molecular flexibility index (Phi) is 6.50. The number of Topliss-reactive ketones (excluding diaryl/α,β-unsaturated/α-hetero) is 1. The van der Waals surface area contributed by atoms with Crippen molar-refractivity contribution >= 4 is 11.4 Å². The van der Waals surface area contributed by atoms with Crippen molar-refractivity contribution in [2.24, 2.45) is 0 Å². The molecule has 5 heteroatoms. The number of ether oxygens (including phenoxy) is 2. The molecule has 0 spiro atoms. The zero-order valence-electron chi connectivity index (χ0n) is 18.1. The van der Waals surface area contributed by atoms with E-state index in [0.717, 1.165) is 35.3 Å². The van der Waals surface area contributed by atoms with E-state index in [1.807, 2.05) is 37.3 Å². The molecular formula is C25H28N2O3. The van der Waals surface area contributed by atoms with Gasteiger partial charge >= 0.3 is 0 Å². The summed E-state index contributed by atoms with van der Waals surface area (Å²) in [5.41, 5.74) is 2.71. The van der Waals surface area contributed by atoms with Gasteiger partial charge in [-0.25, -0.2) is 9.97 Å². The fourth-order valence-corrected chi connectivity index (χ4v) is 3.58. The number of fused-ring (bicyclic) bond motifs is 1. The molecule has 1 aromatic heterocycles. The number of ketones is 1. The lowest BCUT2D eigenvalue weighted by Crippen LogP contribution is -2.40. The Labute approximate surface area is 178 Å². The number of carbonyl (C=O) groups is 1. The third-order valence-electron chi connectivity index (χ3n) is 5.68. The van der Waals surface area contributed by atoms with Crippen molar-refractivity contribution in [2.75, 3.05) is 7.11 Å². The molecule has 3 rings (SSSR count). The average molecular weight is 405 g/mol. The van der Waals surface area contributed by atoms with E-state index in [-0.39, 0.29) is 5.78 Å². The van der Waals surface area contributed by atoms with Crippen molar-refractivity contribution in [1.29, 1.82) is 0 Å². The van der Waals surface area contributed by atoms with Gasteiger partial charge in [-0.15, -0.1) is 0 Å². The fraction of sp³-hybridized carbons (Fsp3) is 0.320. The van der Waals surface area contributed by atoms with E-state index in [9.17, 15) is 4.79 Å². The summed E-state index contributed by atoms with van der Waals surface area (Å²) in [6, 6.07) is 5.58. The maximum Gasteiger partial charge on any atom is 0.170 e. The van der Waals surface area contributed by atoms with Gasteiger partial charge < -0.3 is 9.47 Å². The number of methoxy groups -OCH3 is 1. The number of nitrogens with zero attached hydrogens (tertiary/aromatic N) is 2. The Bertz CT molecular complexity index is 1000. The zero-order valence-corrected chi connectivity index (χ0v) is 18.1. The molecule has 156 valence electrons. The molecule has 0 fully saturated rings. The van der Waals surface area contributed by atoms with Crippen LogP contribution in [0, 0.1) is 0 Å². The first kappa shape index (κ1) is 21.5. The monoisotopic (exact) mass is 404 g/mol. The summed E-state index contributed by atoms with van der Waals surface area (Å²) in [5.74, 6) is 2.07. The summed E-state index contributed by atoms with van der Waals surface area (Å²) >= 11 is 0. The Morgan fingerprint density at radius 3 is 2.57 bits per heavy atom. The van der Waals surface area contributed by atoms with Crippen molar-refractivity contribution < 1.29 is 14.3 Å². The van der Waals surface area contributed by atoms with Crippen LogP contribution >= 0.6 is 0 Å². The molecule has 0 aliphatic carbocycles. The Morgan fingerprint density at radius 2 is 1.97 bits per heavy atom. The average Bonchev–Trinajstić information content (AvgIpc) is 2.79. The molecule has 30 heavy (non-hydrogen) atoms. The van der Waals surface area contributed by atoms with Crippen molar-refractivity contribution in [3.05, 3.63) is 72.3 Å². The lowest BCUT2D eigenvalue weighted by molar-refractivity contribution is 0.0350. The normalized spacial score (nSPS) is 15.9. The number of allylic oxidation sites excluding steroid dienone is 5. The van der Waals surface area contributed by atoms with Gasteiger partial charge in [0.2, 0.25) is 0 Å². The molecule has 0 radical (unpaired) electrons. The predicted octanol–water partition coefficient (Wildman–Crippen LogP) is 5.79. The first-order valence-corrected chi connectivity index (χ1v) is 10.2. The van der Waals surface area contributed by atoms with E-state index >= 15 is 0 Å². The van der Waals surface area contributed by atoms with Crippen molar-refractivity contribution in [1.82, 2.24) is 9.97 Å². The van der Waals surface area contributed by atoms with E-state index < -0.39 is 5.60 Å². The second-order valence-corrected chi connectivity index (χ2v) is 7.37. The second kappa shape index (κ2) is 9.08. The van der Waals surface area contributed by atoms with Crippen LogP contribution in [0.25, 0.3) is 17.0 Å². The maximum absolute atomic E-state index is 12.8. The van der Waals surface area contributed by atoms with Gasteiger partial charge in [-0.2, -0.15) is 0 Å². The molecule has 2 aromatic rings. The predicted molar refractivity (Wildman–Crippen MR) is 119 cm³/mol. The maximum atomic E-state index is 12.8. The van der Waals surface area contributed by atoms with Crippen molar-refractivity contribution in [2.45, 2.75) is 45.6 Å². The Morgan fingerprint density at radius 1 is 1.27 bits per heavy atom. The lowest BCUT2D eigenvalue weighted by atomic mass is 9.85. The van der Waals surface area contributed by atoms with Gasteiger partial charge in [-0.3, -0.25) is 4.79 Å². The van der Waals surface area contributed by atoms with Crippen molar-refractivity contribution in [3.63, 3.8) is 0 Å². The molecule has 2 heterocycles. The summed E-state index contributed by atoms with van der Waals surface area (Å²) in [6.07, 6.45) is 11.0. The molecule has 0 bridgehead atoms. The quantitative estimate of drug-likeness (QED) is 0.432. The van der Waals surface area contributed by atoms with Crippen LogP contribution in [0.4, 0.5) is 0 Å². The molecule has 1 aromatic carbocycles. The van der Waals surface area contributed by atoms with Gasteiger partial charge in [-0.05, 0) is 38.0 Å². The van der Waals surface area contributed by atoms with Crippen LogP contribution in [-0.2, 0) is 4.74 Å². The van der Waals surface area contributed by atoms with Crippen LogP contribution in [0.3, 0.4) is 0 Å². The van der Waals surface area contributed by atoms with E-state index in [1.165, 1.54) is 0 Å². The zero-order chi connectivity index (χ0) is 21.7. The fourth-order valence-electron chi connectivity index (χ4n) is 3.58. The minimum absolute atomic E-state index is 0.105. The van der Waals surface area contributed by atoms with Crippen LogP contribution in [0.5, 0.6) is 5.75 Å². The van der Waals surface area contributed by atoms with E-state index in [2.05, 4.69) is 30.4 Å². The molecule has 0 saturated carbocycles. The van der Waals surface area contributed by atoms with Gasteiger partial charge in [0.15, 0.2) is 11.6 Å². The number of aromatic nitrogens is 2. The molecule has 0 unspecified atom stereocenters. The standard InChI is InChI=1S/C25H28N2O3/c1-6-9-10-20(17(4)29-5)19-15-26-24(27-16-19)18-11-12-23-21(13-18)22(28)14-25(7-2,8-3)30-23/h6,9-13,15-16H,1,7-8,14H2,2-5H3/b10-9-,20-17-. The highest BCUT2D eigenvalue weighted by atomic mass is 16.5. The van der Waals surface area contributed by atoms with Gasteiger partial charge in [0.25, 0.3) is 0 Å². The minimum atomic E-state index is -0.398. The summed E-state index contributed by atoms with van der Waals surface area (Å²) < 4.78 is 11.6. The van der Waals surface area contributed by atoms with Gasteiger partial charge in [0.1, 0.15) is 17.1 Å². The number of benzene rings is 1. The lowest BCUT2D eigenvalue weighted by Gasteiger charge is -2.36. The summed E-state index contributed by atoms with van der Waals surface area (Å²) in [7, 11) is 1.63. The molecular weight excluding hydrogens is 376 g/mol. The topological polar surface area (TPSA) is 61.3 Å². The summed E-state index contributed by atoms with van der Waals surface area (Å²) in [6.45, 7) is 9.71. The molecule has 0 atom stereocenters. The van der Waals surface area contributed by atoms with Crippen LogP contribution in [-0.4, -0.2) is 28.5 Å². The van der Waals surface area contributed by atoms with E-state index in [1.54, 1.807) is 25.6 Å². The smallest absolute Gasteiger partial charge is 0.170 e. The molecule has 1 aliphatic rings. The van der Waals surface area contributed by atoms with E-state index in [0.29, 0.717) is 23.6 Å². The van der Waals surface area contributed by atoms with Gasteiger partial charge in [0.05, 0.1) is 19.1 Å². The van der Waals surface area contributed by atoms with Gasteiger partial charge in [-0.1, -0.05) is 38.7 Å². The highest BCUT2D eigenvalue weighted by molar-refractivity contribution is 6.01. The van der Waals surface area contributed by atoms with E-state index in [4.69, 9.17) is 9.47 Å². The summed E-state index contributed by atoms with van der Waals surface area (Å²) in [5, 5.41) is 0. The Hall–Kier alpha value is -3.21. The number of rotatable bonds is 7. The first-order valence-electron chi connectivity index (χ1n) is 10.2. The van der Waals surface area contributed by atoms with Crippen LogP contribution in [0.1, 0.15) is 56.0 Å².